The molecule has 1 aliphatic heterocycles. The fourth-order valence-electron chi connectivity index (χ4n) is 3.03. The lowest BCUT2D eigenvalue weighted by molar-refractivity contribution is -0.132. The predicted octanol–water partition coefficient (Wildman–Crippen LogP) is 3.44. The maximum atomic E-state index is 12.8. The average Bonchev–Trinajstić information content (AvgIpc) is 2.68. The van der Waals surface area contributed by atoms with Crippen molar-refractivity contribution in [3.8, 4) is 0 Å². The van der Waals surface area contributed by atoms with Gasteiger partial charge in [-0.3, -0.25) is 4.79 Å². The summed E-state index contributed by atoms with van der Waals surface area (Å²) in [6, 6.07) is 14.4. The predicted molar refractivity (Wildman–Crippen MR) is 114 cm³/mol. The summed E-state index contributed by atoms with van der Waals surface area (Å²) in [6.45, 7) is 1.80. The number of carbonyl (C=O) groups is 1. The lowest BCUT2D eigenvalue weighted by Crippen LogP contribution is -2.50. The van der Waals surface area contributed by atoms with Gasteiger partial charge in [-0.15, -0.1) is 0 Å². The summed E-state index contributed by atoms with van der Waals surface area (Å²) in [6.07, 6.45) is 0.361. The molecular weight excluding hydrogens is 466 g/mol. The van der Waals surface area contributed by atoms with E-state index in [-0.39, 0.29) is 28.9 Å². The van der Waals surface area contributed by atoms with Gasteiger partial charge in [-0.05, 0) is 30.3 Å². The quantitative estimate of drug-likeness (QED) is 0.679. The van der Waals surface area contributed by atoms with Gasteiger partial charge in [0.25, 0.3) is 0 Å². The summed E-state index contributed by atoms with van der Waals surface area (Å²) in [5, 5.41) is 3.39. The minimum atomic E-state index is -3.68. The maximum Gasteiger partial charge on any atom is 0.244 e. The number of nitrogens with zero attached hydrogens (tertiary/aromatic N) is 2. The summed E-state index contributed by atoms with van der Waals surface area (Å²) in [5.41, 5.74) is 0.970. The number of anilines is 1. The third-order valence-electron chi connectivity index (χ3n) is 4.54. The highest BCUT2D eigenvalue weighted by Gasteiger charge is 2.31. The van der Waals surface area contributed by atoms with Gasteiger partial charge in [-0.2, -0.15) is 4.31 Å². The zero-order valence-corrected chi connectivity index (χ0v) is 18.3. The van der Waals surface area contributed by atoms with E-state index in [1.165, 1.54) is 10.4 Å². The van der Waals surface area contributed by atoms with Crippen LogP contribution in [0.4, 0.5) is 5.69 Å². The molecular formula is C19H21BrClN3O3S. The van der Waals surface area contributed by atoms with Crippen LogP contribution < -0.4 is 5.32 Å². The van der Waals surface area contributed by atoms with Gasteiger partial charge in [0.2, 0.25) is 15.9 Å². The Morgan fingerprint density at radius 3 is 2.39 bits per heavy atom. The number of benzene rings is 2. The number of halogens is 2. The van der Waals surface area contributed by atoms with Gasteiger partial charge in [0, 0.05) is 49.3 Å². The fourth-order valence-corrected chi connectivity index (χ4v) is 5.46. The molecule has 0 aromatic heterocycles. The number of hydrogen-bond donors (Lipinski definition) is 1. The van der Waals surface area contributed by atoms with Gasteiger partial charge < -0.3 is 10.2 Å². The number of hydrogen-bond acceptors (Lipinski definition) is 4. The van der Waals surface area contributed by atoms with Crippen molar-refractivity contribution in [3.05, 3.63) is 58.0 Å². The highest BCUT2D eigenvalue weighted by Crippen LogP contribution is 2.28. The van der Waals surface area contributed by atoms with Crippen LogP contribution in [0.5, 0.6) is 0 Å². The lowest BCUT2D eigenvalue weighted by Gasteiger charge is -2.34. The van der Waals surface area contributed by atoms with E-state index in [4.69, 9.17) is 11.6 Å². The van der Waals surface area contributed by atoms with Crippen LogP contribution in [0.25, 0.3) is 0 Å². The van der Waals surface area contributed by atoms with Crippen molar-refractivity contribution in [3.63, 3.8) is 0 Å². The maximum absolute atomic E-state index is 12.8. The van der Waals surface area contributed by atoms with Crippen molar-refractivity contribution in [1.82, 2.24) is 9.21 Å². The molecule has 0 aliphatic carbocycles. The van der Waals surface area contributed by atoms with Crippen LogP contribution in [0.15, 0.2) is 57.9 Å². The smallest absolute Gasteiger partial charge is 0.244 e. The van der Waals surface area contributed by atoms with Crippen molar-refractivity contribution in [2.75, 3.05) is 38.0 Å². The van der Waals surface area contributed by atoms with Crippen molar-refractivity contribution in [1.29, 1.82) is 0 Å². The molecule has 0 atom stereocenters. The van der Waals surface area contributed by atoms with Crippen molar-refractivity contribution in [2.24, 2.45) is 0 Å². The topological polar surface area (TPSA) is 69.7 Å². The molecule has 1 heterocycles. The van der Waals surface area contributed by atoms with Crippen LogP contribution in [-0.2, 0) is 14.8 Å². The van der Waals surface area contributed by atoms with Crippen LogP contribution in [0.2, 0.25) is 5.02 Å². The largest absolute Gasteiger partial charge is 0.385 e. The van der Waals surface area contributed by atoms with E-state index in [1.54, 1.807) is 17.0 Å². The van der Waals surface area contributed by atoms with Gasteiger partial charge in [-0.25, -0.2) is 8.42 Å². The molecule has 28 heavy (non-hydrogen) atoms. The Hall–Kier alpha value is -1.61. The first-order valence-electron chi connectivity index (χ1n) is 8.90. The number of nitrogens with one attached hydrogen (secondary N) is 1. The van der Waals surface area contributed by atoms with Crippen molar-refractivity contribution in [2.45, 2.75) is 11.3 Å². The van der Waals surface area contributed by atoms with Gasteiger partial charge in [0.15, 0.2) is 0 Å². The van der Waals surface area contributed by atoms with E-state index in [1.807, 2.05) is 30.3 Å². The molecule has 1 saturated heterocycles. The molecule has 2 aromatic carbocycles. The molecule has 1 aliphatic rings. The molecule has 0 bridgehead atoms. The Labute approximate surface area is 178 Å². The Bertz CT molecular complexity index is 933. The number of sulfonamides is 1. The molecule has 0 radical (unpaired) electrons. The summed E-state index contributed by atoms with van der Waals surface area (Å²) in [5.74, 6) is 0.0159. The molecule has 1 fully saturated rings. The van der Waals surface area contributed by atoms with Crippen LogP contribution in [0.1, 0.15) is 6.42 Å². The van der Waals surface area contributed by atoms with Crippen molar-refractivity contribution >= 4 is 49.1 Å². The minimum absolute atomic E-state index is 0.0159. The van der Waals surface area contributed by atoms with E-state index < -0.39 is 10.0 Å². The van der Waals surface area contributed by atoms with Gasteiger partial charge >= 0.3 is 0 Å². The summed E-state index contributed by atoms with van der Waals surface area (Å²) in [4.78, 5) is 14.2. The molecule has 1 N–H and O–H groups in total. The molecule has 9 heteroatoms. The fraction of sp³-hybridized carbons (Fsp3) is 0.316. The summed E-state index contributed by atoms with van der Waals surface area (Å²) in [7, 11) is -3.68. The van der Waals surface area contributed by atoms with Gasteiger partial charge in [0.1, 0.15) is 4.90 Å². The highest BCUT2D eigenvalue weighted by molar-refractivity contribution is 9.10. The van der Waals surface area contributed by atoms with Crippen molar-refractivity contribution < 1.29 is 13.2 Å². The molecule has 0 spiro atoms. The van der Waals surface area contributed by atoms with Crippen LogP contribution in [-0.4, -0.2) is 56.3 Å². The third-order valence-corrected chi connectivity index (χ3v) is 7.42. The summed E-state index contributed by atoms with van der Waals surface area (Å²) < 4.78 is 27.8. The number of carbonyl (C=O) groups excluding carboxylic acids is 1. The minimum Gasteiger partial charge on any atom is -0.385 e. The molecule has 0 unspecified atom stereocenters. The Morgan fingerprint density at radius 2 is 1.75 bits per heavy atom. The normalized spacial score (nSPS) is 15.4. The van der Waals surface area contributed by atoms with E-state index in [9.17, 15) is 13.2 Å². The lowest BCUT2D eigenvalue weighted by atomic mass is 10.3. The number of para-hydroxylation sites is 1. The Kier molecular flexibility index (Phi) is 6.98. The van der Waals surface area contributed by atoms with E-state index in [0.717, 1.165) is 10.2 Å². The SMILES string of the molecule is O=C(CCNc1ccccc1)N1CCN(S(=O)(=O)c2ccc(Br)cc2Cl)CC1. The first-order valence-corrected chi connectivity index (χ1v) is 11.5. The second kappa shape index (κ2) is 9.26. The standard InChI is InChI=1S/C19H21BrClN3O3S/c20-15-6-7-18(17(21)14-15)28(26,27)24-12-10-23(11-13-24)19(25)8-9-22-16-4-2-1-3-5-16/h1-7,14,22H,8-13H2. The second-order valence-electron chi connectivity index (χ2n) is 6.40. The third kappa shape index (κ3) is 5.05. The zero-order valence-electron chi connectivity index (χ0n) is 15.1. The van der Waals surface area contributed by atoms with E-state index >= 15 is 0 Å². The van der Waals surface area contributed by atoms with E-state index in [2.05, 4.69) is 21.2 Å². The highest BCUT2D eigenvalue weighted by atomic mass is 79.9. The first kappa shape index (κ1) is 21.1. The number of amides is 1. The molecule has 0 saturated carbocycles. The molecule has 150 valence electrons. The van der Waals surface area contributed by atoms with Gasteiger partial charge in [-0.1, -0.05) is 45.7 Å². The monoisotopic (exact) mass is 485 g/mol. The van der Waals surface area contributed by atoms with Crippen LogP contribution in [0.3, 0.4) is 0 Å². The molecule has 1 amide bonds. The van der Waals surface area contributed by atoms with Crippen LogP contribution in [0, 0.1) is 0 Å². The molecule has 2 aromatic rings. The average molecular weight is 487 g/mol. The number of piperazine rings is 1. The molecule has 3 rings (SSSR count). The van der Waals surface area contributed by atoms with Crippen LogP contribution >= 0.6 is 27.5 Å². The van der Waals surface area contributed by atoms with Gasteiger partial charge in [0.05, 0.1) is 5.02 Å². The summed E-state index contributed by atoms with van der Waals surface area (Å²) >= 11 is 9.39. The second-order valence-corrected chi connectivity index (χ2v) is 9.63. The van der Waals surface area contributed by atoms with E-state index in [0.29, 0.717) is 26.1 Å². The Morgan fingerprint density at radius 1 is 1.07 bits per heavy atom. The Balaban J connectivity index is 1.52. The first-order chi connectivity index (χ1) is 13.4. The number of rotatable bonds is 6. The molecule has 6 nitrogen and oxygen atoms in total. The zero-order chi connectivity index (χ0) is 20.1.